The number of aryl methyl sites for hydroxylation is 1. The third kappa shape index (κ3) is 3.51. The Balaban J connectivity index is 1.16. The van der Waals surface area contributed by atoms with Gasteiger partial charge in [0.25, 0.3) is 5.56 Å². The summed E-state index contributed by atoms with van der Waals surface area (Å²) in [7, 11) is 0. The predicted octanol–water partition coefficient (Wildman–Crippen LogP) is 4.38. The van der Waals surface area contributed by atoms with Gasteiger partial charge in [-0.25, -0.2) is 0 Å². The summed E-state index contributed by atoms with van der Waals surface area (Å²) in [6.07, 6.45) is 5.24. The van der Waals surface area contributed by atoms with Crippen LogP contribution in [0.5, 0.6) is 0 Å². The number of rotatable bonds is 4. The molecular formula is C26H28N4OS. The van der Waals surface area contributed by atoms with Crippen LogP contribution in [0.25, 0.3) is 21.0 Å². The van der Waals surface area contributed by atoms with Gasteiger partial charge in [0.2, 0.25) is 0 Å². The molecule has 0 bridgehead atoms. The fraction of sp³-hybridized carbons (Fsp3) is 0.385. The Morgan fingerprint density at radius 3 is 2.56 bits per heavy atom. The fourth-order valence-electron chi connectivity index (χ4n) is 5.41. The third-order valence-corrected chi connectivity index (χ3v) is 8.00. The molecule has 1 saturated heterocycles. The van der Waals surface area contributed by atoms with E-state index >= 15 is 0 Å². The van der Waals surface area contributed by atoms with E-state index in [0.717, 1.165) is 75.3 Å². The van der Waals surface area contributed by atoms with E-state index in [-0.39, 0.29) is 5.56 Å². The molecule has 6 rings (SSSR count). The number of benzene rings is 2. The van der Waals surface area contributed by atoms with Gasteiger partial charge in [0.05, 0.1) is 10.2 Å². The molecule has 5 nitrogen and oxygen atoms in total. The van der Waals surface area contributed by atoms with Crippen LogP contribution in [0, 0.1) is 0 Å². The van der Waals surface area contributed by atoms with Crippen LogP contribution in [0.3, 0.4) is 0 Å². The molecule has 2 aromatic heterocycles. The van der Waals surface area contributed by atoms with E-state index in [4.69, 9.17) is 4.37 Å². The molecule has 4 aromatic rings. The Labute approximate surface area is 191 Å². The number of piperazine rings is 1. The number of pyridine rings is 1. The van der Waals surface area contributed by atoms with Crippen LogP contribution in [0.15, 0.2) is 47.3 Å². The number of anilines is 1. The van der Waals surface area contributed by atoms with Gasteiger partial charge in [-0.05, 0) is 66.9 Å². The molecular weight excluding hydrogens is 416 g/mol. The highest BCUT2D eigenvalue weighted by molar-refractivity contribution is 7.13. The molecule has 0 unspecified atom stereocenters. The summed E-state index contributed by atoms with van der Waals surface area (Å²) in [6, 6.07) is 15.1. The number of H-pyrrole nitrogens is 1. The minimum absolute atomic E-state index is 0.128. The number of hydrogen-bond acceptors (Lipinski definition) is 5. The van der Waals surface area contributed by atoms with Gasteiger partial charge >= 0.3 is 0 Å². The maximum atomic E-state index is 12.7. The maximum Gasteiger partial charge on any atom is 0.251 e. The number of nitrogens with one attached hydrogen (secondary N) is 1. The highest BCUT2D eigenvalue weighted by atomic mass is 32.1. The number of nitrogens with zero attached hydrogens (tertiary/aromatic N) is 3. The maximum absolute atomic E-state index is 12.7. The van der Waals surface area contributed by atoms with Crippen LogP contribution in [-0.2, 0) is 19.3 Å². The number of aromatic nitrogens is 2. The van der Waals surface area contributed by atoms with Crippen molar-refractivity contribution in [2.24, 2.45) is 0 Å². The Morgan fingerprint density at radius 1 is 0.906 bits per heavy atom. The first-order valence-corrected chi connectivity index (χ1v) is 12.5. The van der Waals surface area contributed by atoms with E-state index in [1.165, 1.54) is 33.0 Å². The number of fused-ring (bicyclic) bond motifs is 4. The summed E-state index contributed by atoms with van der Waals surface area (Å²) < 4.78 is 5.99. The normalized spacial score (nSPS) is 17.2. The van der Waals surface area contributed by atoms with Crippen molar-refractivity contribution in [2.45, 2.75) is 32.1 Å². The first kappa shape index (κ1) is 19.9. The first-order chi connectivity index (χ1) is 15.8. The van der Waals surface area contributed by atoms with E-state index in [9.17, 15) is 4.79 Å². The molecule has 164 valence electrons. The van der Waals surface area contributed by atoms with Gasteiger partial charge in [0, 0.05) is 49.1 Å². The third-order valence-electron chi connectivity index (χ3n) is 7.18. The Bertz CT molecular complexity index is 1330. The largest absolute Gasteiger partial charge is 0.353 e. The van der Waals surface area contributed by atoms with Crippen molar-refractivity contribution in [2.75, 3.05) is 37.6 Å². The van der Waals surface area contributed by atoms with Crippen molar-refractivity contribution in [3.8, 4) is 0 Å². The molecule has 1 aliphatic heterocycles. The highest BCUT2D eigenvalue weighted by Crippen LogP contribution is 2.30. The number of aromatic amines is 1. The summed E-state index contributed by atoms with van der Waals surface area (Å²) in [5, 5.41) is 2.53. The summed E-state index contributed by atoms with van der Waals surface area (Å²) in [6.45, 7) is 5.12. The summed E-state index contributed by atoms with van der Waals surface area (Å²) in [5.41, 5.74) is 4.77. The molecule has 1 fully saturated rings. The first-order valence-electron chi connectivity index (χ1n) is 11.8. The average Bonchev–Trinajstić information content (AvgIpc) is 3.28. The molecule has 0 saturated carbocycles. The molecule has 6 heteroatoms. The zero-order valence-electron chi connectivity index (χ0n) is 18.3. The van der Waals surface area contributed by atoms with Crippen LogP contribution >= 0.6 is 11.5 Å². The number of hydrogen-bond donors (Lipinski definition) is 1. The lowest BCUT2D eigenvalue weighted by atomic mass is 9.89. The molecule has 1 aliphatic carbocycles. The van der Waals surface area contributed by atoms with Crippen LogP contribution in [0.1, 0.15) is 29.5 Å². The van der Waals surface area contributed by atoms with Crippen molar-refractivity contribution in [3.05, 3.63) is 69.5 Å². The van der Waals surface area contributed by atoms with Crippen LogP contribution in [0.2, 0.25) is 0 Å². The lowest BCUT2D eigenvalue weighted by Gasteiger charge is -2.35. The van der Waals surface area contributed by atoms with Crippen molar-refractivity contribution in [1.29, 1.82) is 0 Å². The Morgan fingerprint density at radius 2 is 1.69 bits per heavy atom. The molecule has 32 heavy (non-hydrogen) atoms. The second kappa shape index (κ2) is 8.34. The molecule has 2 aromatic carbocycles. The fourth-order valence-corrected chi connectivity index (χ4v) is 6.21. The van der Waals surface area contributed by atoms with Gasteiger partial charge in [-0.1, -0.05) is 30.3 Å². The summed E-state index contributed by atoms with van der Waals surface area (Å²) in [4.78, 5) is 20.9. The van der Waals surface area contributed by atoms with Gasteiger partial charge in [-0.15, -0.1) is 0 Å². The van der Waals surface area contributed by atoms with E-state index in [2.05, 4.69) is 57.2 Å². The quantitative estimate of drug-likeness (QED) is 0.508. The lowest BCUT2D eigenvalue weighted by molar-refractivity contribution is 0.261. The zero-order chi connectivity index (χ0) is 21.5. The molecule has 2 aliphatic rings. The van der Waals surface area contributed by atoms with E-state index in [0.29, 0.717) is 0 Å². The standard InChI is InChI=1S/C26H28N4OS/c31-26-21-8-2-1-7-19(21)20-10-5-6-18(24(20)27-26)12-13-29-14-16-30(17-15-29)25-22-9-3-4-11-23(22)32-28-25/h3-6,9-11H,1-2,7-8,12-17H2,(H,27,31). The SMILES string of the molecule is O=c1[nH]c2c(CCN3CCN(c4nsc5ccccc45)CC3)cccc2c2c1CCCC2. The molecule has 0 radical (unpaired) electrons. The second-order valence-electron chi connectivity index (χ2n) is 9.04. The second-order valence-corrected chi connectivity index (χ2v) is 9.84. The zero-order valence-corrected chi connectivity index (χ0v) is 19.1. The van der Waals surface area contributed by atoms with Crippen molar-refractivity contribution >= 4 is 38.3 Å². The lowest BCUT2D eigenvalue weighted by Crippen LogP contribution is -2.47. The highest BCUT2D eigenvalue weighted by Gasteiger charge is 2.21. The van der Waals surface area contributed by atoms with Gasteiger partial charge in [-0.2, -0.15) is 4.37 Å². The van der Waals surface area contributed by atoms with Crippen LogP contribution in [0.4, 0.5) is 5.82 Å². The molecule has 0 amide bonds. The van der Waals surface area contributed by atoms with Crippen LogP contribution in [-0.4, -0.2) is 47.0 Å². The smallest absolute Gasteiger partial charge is 0.251 e. The van der Waals surface area contributed by atoms with Crippen molar-refractivity contribution in [1.82, 2.24) is 14.3 Å². The Hall–Kier alpha value is -2.70. The van der Waals surface area contributed by atoms with Crippen molar-refractivity contribution in [3.63, 3.8) is 0 Å². The monoisotopic (exact) mass is 444 g/mol. The van der Waals surface area contributed by atoms with E-state index in [1.54, 1.807) is 11.5 Å². The van der Waals surface area contributed by atoms with Gasteiger partial charge in [0.15, 0.2) is 0 Å². The summed E-state index contributed by atoms with van der Waals surface area (Å²) >= 11 is 1.59. The van der Waals surface area contributed by atoms with Gasteiger partial charge in [0.1, 0.15) is 5.82 Å². The van der Waals surface area contributed by atoms with Gasteiger partial charge < -0.3 is 9.88 Å². The average molecular weight is 445 g/mol. The molecule has 1 N–H and O–H groups in total. The van der Waals surface area contributed by atoms with Crippen LogP contribution < -0.4 is 10.5 Å². The van der Waals surface area contributed by atoms with E-state index in [1.807, 2.05) is 0 Å². The van der Waals surface area contributed by atoms with Crippen molar-refractivity contribution < 1.29 is 0 Å². The minimum atomic E-state index is 0.128. The topological polar surface area (TPSA) is 52.2 Å². The molecule has 0 atom stereocenters. The summed E-state index contributed by atoms with van der Waals surface area (Å²) in [5.74, 6) is 1.14. The Kier molecular flexibility index (Phi) is 5.20. The molecule has 0 spiro atoms. The molecule has 3 heterocycles. The number of para-hydroxylation sites is 1. The van der Waals surface area contributed by atoms with Gasteiger partial charge in [-0.3, -0.25) is 9.69 Å². The predicted molar refractivity (Wildman–Crippen MR) is 133 cm³/mol. The minimum Gasteiger partial charge on any atom is -0.353 e. The van der Waals surface area contributed by atoms with E-state index < -0.39 is 0 Å².